The second-order valence-corrected chi connectivity index (χ2v) is 6.98. The smallest absolute Gasteiger partial charge is 0.254 e. The number of nitrogens with zero attached hydrogens (tertiary/aromatic N) is 2. The van der Waals surface area contributed by atoms with Gasteiger partial charge >= 0.3 is 0 Å². The topological polar surface area (TPSA) is 94.8 Å². The molecule has 9 heteroatoms. The molecule has 0 aliphatic carbocycles. The number of anilines is 1. The van der Waals surface area contributed by atoms with E-state index < -0.39 is 10.0 Å². The van der Waals surface area contributed by atoms with Crippen LogP contribution in [0, 0.1) is 6.92 Å². The van der Waals surface area contributed by atoms with Crippen LogP contribution >= 0.6 is 11.3 Å². The molecule has 0 fully saturated rings. The first-order chi connectivity index (χ1) is 8.93. The van der Waals surface area contributed by atoms with Crippen molar-refractivity contribution >= 4 is 26.5 Å². The Morgan fingerprint density at radius 3 is 2.16 bits per heavy atom. The normalized spacial score (nSPS) is 12.2. The van der Waals surface area contributed by atoms with Gasteiger partial charge in [-0.05, 0) is 6.92 Å². The third kappa shape index (κ3) is 4.11. The highest BCUT2D eigenvalue weighted by Crippen LogP contribution is 2.27. The van der Waals surface area contributed by atoms with E-state index in [1.807, 2.05) is 0 Å². The Morgan fingerprint density at radius 1 is 1.26 bits per heavy atom. The minimum atomic E-state index is -3.61. The number of nitrogens with two attached hydrogens (primary N) is 1. The predicted octanol–water partition coefficient (Wildman–Crippen LogP) is 0.317. The Bertz CT molecular complexity index is 493. The average molecular weight is 309 g/mol. The van der Waals surface area contributed by atoms with Crippen LogP contribution in [0.2, 0.25) is 0 Å². The molecule has 0 spiro atoms. The van der Waals surface area contributed by atoms with Crippen molar-refractivity contribution in [3.63, 3.8) is 0 Å². The molecule has 19 heavy (non-hydrogen) atoms. The second kappa shape index (κ2) is 7.15. The summed E-state index contributed by atoms with van der Waals surface area (Å²) in [6.07, 6.45) is 0. The number of hydrogen-bond donors (Lipinski definition) is 1. The Morgan fingerprint density at radius 2 is 1.79 bits per heavy atom. The molecule has 0 radical (unpaired) electrons. The molecule has 0 bridgehead atoms. The standard InChI is InChI=1S/C10H19N3O4S2/c1-8-9(18-10(11)12-8)19(14,15)13(4-6-16-2)5-7-17-3/h4-7H2,1-3H3,(H2,11,12). The third-order valence-electron chi connectivity index (χ3n) is 2.43. The molecule has 0 saturated carbocycles. The molecule has 1 aromatic rings. The van der Waals surface area contributed by atoms with E-state index in [0.29, 0.717) is 18.9 Å². The highest BCUT2D eigenvalue weighted by Gasteiger charge is 2.28. The summed E-state index contributed by atoms with van der Waals surface area (Å²) in [5.41, 5.74) is 5.97. The van der Waals surface area contributed by atoms with Gasteiger partial charge in [0.15, 0.2) is 9.34 Å². The van der Waals surface area contributed by atoms with Crippen molar-refractivity contribution in [3.8, 4) is 0 Å². The summed E-state index contributed by atoms with van der Waals surface area (Å²) in [7, 11) is -0.556. The number of thiazole rings is 1. The fourth-order valence-electron chi connectivity index (χ4n) is 1.50. The summed E-state index contributed by atoms with van der Waals surface area (Å²) in [4.78, 5) is 3.95. The van der Waals surface area contributed by atoms with Gasteiger partial charge in [-0.15, -0.1) is 0 Å². The third-order valence-corrected chi connectivity index (χ3v) is 5.91. The van der Waals surface area contributed by atoms with Gasteiger partial charge in [-0.1, -0.05) is 11.3 Å². The molecule has 2 N–H and O–H groups in total. The lowest BCUT2D eigenvalue weighted by Crippen LogP contribution is -2.36. The lowest BCUT2D eigenvalue weighted by molar-refractivity contribution is 0.150. The zero-order valence-corrected chi connectivity index (χ0v) is 12.9. The number of rotatable bonds is 8. The second-order valence-electron chi connectivity index (χ2n) is 3.81. The molecule has 0 saturated heterocycles. The van der Waals surface area contributed by atoms with E-state index in [2.05, 4.69) is 4.98 Å². The quantitative estimate of drug-likeness (QED) is 0.743. The van der Waals surface area contributed by atoms with Gasteiger partial charge in [0.05, 0.1) is 18.9 Å². The van der Waals surface area contributed by atoms with Crippen LogP contribution in [0.25, 0.3) is 0 Å². The van der Waals surface area contributed by atoms with Gasteiger partial charge in [0.1, 0.15) is 0 Å². The maximum absolute atomic E-state index is 12.5. The van der Waals surface area contributed by atoms with Gasteiger partial charge in [-0.3, -0.25) is 0 Å². The molecule has 0 aliphatic rings. The SMILES string of the molecule is COCCN(CCOC)S(=O)(=O)c1sc(N)nc1C. The summed E-state index contributed by atoms with van der Waals surface area (Å²) in [6.45, 7) is 2.79. The Labute approximate surface area is 117 Å². The van der Waals surface area contributed by atoms with Gasteiger partial charge in [0.25, 0.3) is 10.0 Å². The highest BCUT2D eigenvalue weighted by atomic mass is 32.2. The summed E-state index contributed by atoms with van der Waals surface area (Å²) in [5.74, 6) is 0. The maximum atomic E-state index is 12.5. The molecule has 0 atom stereocenters. The lowest BCUT2D eigenvalue weighted by Gasteiger charge is -2.20. The predicted molar refractivity (Wildman–Crippen MR) is 73.8 cm³/mol. The van der Waals surface area contributed by atoms with Gasteiger partial charge in [-0.25, -0.2) is 13.4 Å². The van der Waals surface area contributed by atoms with Crippen LogP contribution in [0.15, 0.2) is 4.21 Å². The average Bonchev–Trinajstić information content (AvgIpc) is 2.69. The van der Waals surface area contributed by atoms with Crippen molar-refractivity contribution in [2.45, 2.75) is 11.1 Å². The van der Waals surface area contributed by atoms with Crippen LogP contribution in [0.4, 0.5) is 5.13 Å². The highest BCUT2D eigenvalue weighted by molar-refractivity contribution is 7.91. The Balaban J connectivity index is 3.00. The monoisotopic (exact) mass is 309 g/mol. The number of nitrogen functional groups attached to an aromatic ring is 1. The van der Waals surface area contributed by atoms with Crippen molar-refractivity contribution in [3.05, 3.63) is 5.69 Å². The first kappa shape index (κ1) is 16.3. The fourth-order valence-corrected chi connectivity index (χ4v) is 4.34. The van der Waals surface area contributed by atoms with Gasteiger partial charge in [-0.2, -0.15) is 4.31 Å². The van der Waals surface area contributed by atoms with E-state index in [9.17, 15) is 8.42 Å². The number of methoxy groups -OCH3 is 2. The molecule has 7 nitrogen and oxygen atoms in total. The van der Waals surface area contributed by atoms with Crippen molar-refractivity contribution < 1.29 is 17.9 Å². The minimum Gasteiger partial charge on any atom is -0.383 e. The van der Waals surface area contributed by atoms with Crippen molar-refractivity contribution in [1.82, 2.24) is 9.29 Å². The number of hydrogen-bond acceptors (Lipinski definition) is 7. The van der Waals surface area contributed by atoms with E-state index in [1.54, 1.807) is 6.92 Å². The maximum Gasteiger partial charge on any atom is 0.254 e. The summed E-state index contributed by atoms with van der Waals surface area (Å²) >= 11 is 0.972. The first-order valence-electron chi connectivity index (χ1n) is 5.64. The van der Waals surface area contributed by atoms with Crippen molar-refractivity contribution in [2.75, 3.05) is 46.3 Å². The number of sulfonamides is 1. The molecule has 1 rings (SSSR count). The van der Waals surface area contributed by atoms with Gasteiger partial charge < -0.3 is 15.2 Å². The van der Waals surface area contributed by atoms with Crippen LogP contribution in [0.5, 0.6) is 0 Å². The molecule has 1 heterocycles. The summed E-state index contributed by atoms with van der Waals surface area (Å²) < 4.78 is 36.4. The fraction of sp³-hybridized carbons (Fsp3) is 0.700. The molecule has 0 aliphatic heterocycles. The number of ether oxygens (including phenoxy) is 2. The van der Waals surface area contributed by atoms with Crippen LogP contribution in [-0.4, -0.2) is 58.2 Å². The van der Waals surface area contributed by atoms with Crippen LogP contribution < -0.4 is 5.73 Å². The molecule has 110 valence electrons. The Hall–Kier alpha value is -0.740. The lowest BCUT2D eigenvalue weighted by atomic mass is 10.6. The van der Waals surface area contributed by atoms with E-state index in [1.165, 1.54) is 18.5 Å². The summed E-state index contributed by atoms with van der Waals surface area (Å²) in [6, 6.07) is 0. The summed E-state index contributed by atoms with van der Waals surface area (Å²) in [5, 5.41) is 0.245. The minimum absolute atomic E-state index is 0.178. The van der Waals surface area contributed by atoms with E-state index in [4.69, 9.17) is 15.2 Å². The van der Waals surface area contributed by atoms with Gasteiger partial charge in [0.2, 0.25) is 0 Å². The van der Waals surface area contributed by atoms with E-state index in [-0.39, 0.29) is 22.4 Å². The molecule has 1 aromatic heterocycles. The molecular formula is C10H19N3O4S2. The molecule has 0 unspecified atom stereocenters. The zero-order chi connectivity index (χ0) is 14.5. The first-order valence-corrected chi connectivity index (χ1v) is 7.90. The Kier molecular flexibility index (Phi) is 6.14. The molecule has 0 aromatic carbocycles. The molecule has 0 amide bonds. The van der Waals surface area contributed by atoms with Crippen LogP contribution in [-0.2, 0) is 19.5 Å². The van der Waals surface area contributed by atoms with E-state index in [0.717, 1.165) is 11.3 Å². The van der Waals surface area contributed by atoms with Crippen molar-refractivity contribution in [2.24, 2.45) is 0 Å². The van der Waals surface area contributed by atoms with Crippen molar-refractivity contribution in [1.29, 1.82) is 0 Å². The van der Waals surface area contributed by atoms with Gasteiger partial charge in [0, 0.05) is 27.3 Å². The zero-order valence-electron chi connectivity index (χ0n) is 11.2. The largest absolute Gasteiger partial charge is 0.383 e. The van der Waals surface area contributed by atoms with Crippen LogP contribution in [0.3, 0.4) is 0 Å². The number of aromatic nitrogens is 1. The van der Waals surface area contributed by atoms with Crippen LogP contribution in [0.1, 0.15) is 5.69 Å². The van der Waals surface area contributed by atoms with E-state index >= 15 is 0 Å². The molecular weight excluding hydrogens is 290 g/mol. The number of aryl methyl sites for hydroxylation is 1.